The van der Waals surface area contributed by atoms with Gasteiger partial charge in [-0.2, -0.15) is 0 Å². The predicted molar refractivity (Wildman–Crippen MR) is 86.8 cm³/mol. The molecular formula is C17H19N3O3. The zero-order chi connectivity index (χ0) is 16.1. The number of aromatic nitrogens is 1. The lowest BCUT2D eigenvalue weighted by atomic mass is 10.2. The third-order valence-corrected chi connectivity index (χ3v) is 3.47. The van der Waals surface area contributed by atoms with Crippen molar-refractivity contribution in [3.05, 3.63) is 47.8 Å². The summed E-state index contributed by atoms with van der Waals surface area (Å²) in [5.74, 6) is 1.40. The Balaban J connectivity index is 1.57. The zero-order valence-corrected chi connectivity index (χ0v) is 13.0. The molecule has 2 N–H and O–H groups in total. The van der Waals surface area contributed by atoms with E-state index in [-0.39, 0.29) is 12.7 Å². The molecule has 6 nitrogen and oxygen atoms in total. The number of nitrogens with one attached hydrogen (secondary N) is 2. The highest BCUT2D eigenvalue weighted by molar-refractivity contribution is 5.92. The summed E-state index contributed by atoms with van der Waals surface area (Å²) in [4.78, 5) is 16.0. The van der Waals surface area contributed by atoms with E-state index in [2.05, 4.69) is 15.6 Å². The summed E-state index contributed by atoms with van der Waals surface area (Å²) in [6, 6.07) is 9.41. The molecule has 2 heterocycles. The molecule has 0 atom stereocenters. The Bertz CT molecular complexity index is 686. The molecule has 23 heavy (non-hydrogen) atoms. The van der Waals surface area contributed by atoms with Gasteiger partial charge in [0.15, 0.2) is 11.5 Å². The first-order chi connectivity index (χ1) is 11.3. The maximum atomic E-state index is 11.8. The van der Waals surface area contributed by atoms with Gasteiger partial charge in [0.1, 0.15) is 5.69 Å². The van der Waals surface area contributed by atoms with Gasteiger partial charge in [-0.1, -0.05) is 13.0 Å². The fraction of sp³-hybridized carbons (Fsp3) is 0.294. The Hall–Kier alpha value is -2.76. The maximum Gasteiger partial charge on any atom is 0.269 e. The van der Waals surface area contributed by atoms with Crippen molar-refractivity contribution < 1.29 is 14.3 Å². The Kier molecular flexibility index (Phi) is 4.61. The number of pyridine rings is 1. The Morgan fingerprint density at radius 1 is 1.22 bits per heavy atom. The third kappa shape index (κ3) is 3.71. The highest BCUT2D eigenvalue weighted by Gasteiger charge is 2.13. The van der Waals surface area contributed by atoms with E-state index >= 15 is 0 Å². The molecule has 0 radical (unpaired) electrons. The molecule has 1 aliphatic rings. The predicted octanol–water partition coefficient (Wildman–Crippen LogP) is 2.56. The van der Waals surface area contributed by atoms with Crippen molar-refractivity contribution in [2.75, 3.05) is 18.7 Å². The van der Waals surface area contributed by atoms with Crippen molar-refractivity contribution in [2.24, 2.45) is 0 Å². The van der Waals surface area contributed by atoms with Crippen LogP contribution in [0.15, 0.2) is 36.5 Å². The number of anilines is 1. The highest BCUT2D eigenvalue weighted by atomic mass is 16.7. The molecule has 1 aromatic heterocycles. The van der Waals surface area contributed by atoms with Gasteiger partial charge in [0.2, 0.25) is 6.79 Å². The first-order valence-corrected chi connectivity index (χ1v) is 7.63. The van der Waals surface area contributed by atoms with E-state index in [1.54, 1.807) is 12.3 Å². The van der Waals surface area contributed by atoms with Gasteiger partial charge in [-0.15, -0.1) is 0 Å². The number of carbonyl (C=O) groups excluding carboxylic acids is 1. The fourth-order valence-electron chi connectivity index (χ4n) is 2.22. The van der Waals surface area contributed by atoms with Gasteiger partial charge in [0.25, 0.3) is 5.91 Å². The lowest BCUT2D eigenvalue weighted by Crippen LogP contribution is -2.24. The van der Waals surface area contributed by atoms with Crippen LogP contribution in [0.2, 0.25) is 0 Å². The molecule has 1 aromatic carbocycles. The number of carbonyl (C=O) groups is 1. The van der Waals surface area contributed by atoms with Crippen molar-refractivity contribution in [3.63, 3.8) is 0 Å². The van der Waals surface area contributed by atoms with E-state index in [1.807, 2.05) is 31.2 Å². The van der Waals surface area contributed by atoms with Gasteiger partial charge in [-0.3, -0.25) is 4.79 Å². The van der Waals surface area contributed by atoms with Crippen molar-refractivity contribution in [1.82, 2.24) is 10.3 Å². The number of hydrogen-bond acceptors (Lipinski definition) is 5. The summed E-state index contributed by atoms with van der Waals surface area (Å²) >= 11 is 0. The molecule has 1 amide bonds. The first kappa shape index (κ1) is 15.1. The van der Waals surface area contributed by atoms with Gasteiger partial charge in [-0.05, 0) is 36.2 Å². The summed E-state index contributed by atoms with van der Waals surface area (Å²) in [7, 11) is 0. The maximum absolute atomic E-state index is 11.8. The monoisotopic (exact) mass is 313 g/mol. The molecule has 0 bridgehead atoms. The molecule has 0 spiro atoms. The second-order valence-electron chi connectivity index (χ2n) is 5.23. The Morgan fingerprint density at radius 2 is 2.09 bits per heavy atom. The smallest absolute Gasteiger partial charge is 0.269 e. The second kappa shape index (κ2) is 7.00. The van der Waals surface area contributed by atoms with Crippen molar-refractivity contribution in [3.8, 4) is 11.5 Å². The van der Waals surface area contributed by atoms with Crippen LogP contribution >= 0.6 is 0 Å². The number of hydrogen-bond donors (Lipinski definition) is 2. The van der Waals surface area contributed by atoms with Gasteiger partial charge in [0.05, 0.1) is 11.9 Å². The first-order valence-electron chi connectivity index (χ1n) is 7.63. The van der Waals surface area contributed by atoms with Crippen molar-refractivity contribution in [2.45, 2.75) is 19.9 Å². The van der Waals surface area contributed by atoms with Crippen LogP contribution in [-0.2, 0) is 6.54 Å². The molecule has 120 valence electrons. The summed E-state index contributed by atoms with van der Waals surface area (Å²) in [5, 5.41) is 6.07. The van der Waals surface area contributed by atoms with E-state index in [1.165, 1.54) is 0 Å². The molecule has 6 heteroatoms. The van der Waals surface area contributed by atoms with Gasteiger partial charge >= 0.3 is 0 Å². The zero-order valence-electron chi connectivity index (χ0n) is 13.0. The number of benzene rings is 1. The number of amides is 1. The standard InChI is InChI=1S/C17H19N3O3/c1-2-7-18-17(21)14-5-4-13(10-20-14)19-9-12-3-6-15-16(8-12)23-11-22-15/h3-6,8,10,19H,2,7,9,11H2,1H3,(H,18,21). The number of fused-ring (bicyclic) bond motifs is 1. The average molecular weight is 313 g/mol. The fourth-order valence-corrected chi connectivity index (χ4v) is 2.22. The van der Waals surface area contributed by atoms with Gasteiger partial charge in [-0.25, -0.2) is 4.98 Å². The highest BCUT2D eigenvalue weighted by Crippen LogP contribution is 2.32. The van der Waals surface area contributed by atoms with E-state index in [0.717, 1.165) is 29.2 Å². The number of ether oxygens (including phenoxy) is 2. The van der Waals surface area contributed by atoms with Crippen LogP contribution in [0.25, 0.3) is 0 Å². The lowest BCUT2D eigenvalue weighted by molar-refractivity contribution is 0.0948. The van der Waals surface area contributed by atoms with E-state index in [9.17, 15) is 4.79 Å². The Labute approximate surface area is 134 Å². The molecule has 0 fully saturated rings. The molecular weight excluding hydrogens is 294 g/mol. The molecule has 3 rings (SSSR count). The minimum atomic E-state index is -0.144. The summed E-state index contributed by atoms with van der Waals surface area (Å²) in [6.45, 7) is 3.58. The SMILES string of the molecule is CCCNC(=O)c1ccc(NCc2ccc3c(c2)OCO3)cn1. The second-order valence-corrected chi connectivity index (χ2v) is 5.23. The quantitative estimate of drug-likeness (QED) is 0.857. The van der Waals surface area contributed by atoms with Gasteiger partial charge in [0, 0.05) is 13.1 Å². The summed E-state index contributed by atoms with van der Waals surface area (Å²) < 4.78 is 10.6. The third-order valence-electron chi connectivity index (χ3n) is 3.47. The van der Waals surface area contributed by atoms with Crippen LogP contribution in [0.1, 0.15) is 29.4 Å². The minimum absolute atomic E-state index is 0.144. The van der Waals surface area contributed by atoms with Crippen LogP contribution in [0.3, 0.4) is 0 Å². The van der Waals surface area contributed by atoms with Crippen LogP contribution in [0.5, 0.6) is 11.5 Å². The van der Waals surface area contributed by atoms with Crippen molar-refractivity contribution >= 4 is 11.6 Å². The van der Waals surface area contributed by atoms with Crippen molar-refractivity contribution in [1.29, 1.82) is 0 Å². The van der Waals surface area contributed by atoms with Gasteiger partial charge < -0.3 is 20.1 Å². The normalized spacial score (nSPS) is 12.0. The van der Waals surface area contributed by atoms with Crippen LogP contribution in [0.4, 0.5) is 5.69 Å². The minimum Gasteiger partial charge on any atom is -0.454 e. The topological polar surface area (TPSA) is 72.5 Å². The molecule has 0 saturated heterocycles. The number of rotatable bonds is 6. The summed E-state index contributed by atoms with van der Waals surface area (Å²) in [6.07, 6.45) is 2.56. The van der Waals surface area contributed by atoms with Crippen LogP contribution in [-0.4, -0.2) is 24.2 Å². The van der Waals surface area contributed by atoms with Crippen LogP contribution in [0, 0.1) is 0 Å². The number of nitrogens with zero attached hydrogens (tertiary/aromatic N) is 1. The molecule has 2 aromatic rings. The average Bonchev–Trinajstić information content (AvgIpc) is 3.06. The molecule has 1 aliphatic heterocycles. The molecule has 0 aliphatic carbocycles. The van der Waals surface area contributed by atoms with E-state index < -0.39 is 0 Å². The van der Waals surface area contributed by atoms with E-state index in [0.29, 0.717) is 18.8 Å². The lowest BCUT2D eigenvalue weighted by Gasteiger charge is -2.08. The van der Waals surface area contributed by atoms with E-state index in [4.69, 9.17) is 9.47 Å². The van der Waals surface area contributed by atoms with Crippen LogP contribution < -0.4 is 20.1 Å². The largest absolute Gasteiger partial charge is 0.454 e. The molecule has 0 saturated carbocycles. The molecule has 0 unspecified atom stereocenters. The summed E-state index contributed by atoms with van der Waals surface area (Å²) in [5.41, 5.74) is 2.36. The Morgan fingerprint density at radius 3 is 2.87 bits per heavy atom.